The van der Waals surface area contributed by atoms with Gasteiger partial charge in [0, 0.05) is 19.5 Å². The third-order valence-electron chi connectivity index (χ3n) is 2.04. The van der Waals surface area contributed by atoms with Crippen LogP contribution in [-0.2, 0) is 0 Å². The maximum atomic E-state index is 11.2. The third kappa shape index (κ3) is 2.24. The van der Waals surface area contributed by atoms with Gasteiger partial charge in [0.2, 0.25) is 0 Å². The van der Waals surface area contributed by atoms with E-state index in [1.807, 2.05) is 6.92 Å². The van der Waals surface area contributed by atoms with Crippen LogP contribution in [0.25, 0.3) is 0 Å². The number of hydrogen-bond acceptors (Lipinski definition) is 2. The smallest absolute Gasteiger partial charge is 0.318 e. The number of amides is 4. The molecule has 0 radical (unpaired) electrons. The van der Waals surface area contributed by atoms with Crippen LogP contribution in [-0.4, -0.2) is 36.2 Å². The van der Waals surface area contributed by atoms with E-state index < -0.39 is 6.03 Å². The molecular formula is C7H14N4O2. The maximum absolute atomic E-state index is 11.2. The third-order valence-corrected chi connectivity index (χ3v) is 2.04. The van der Waals surface area contributed by atoms with E-state index in [4.69, 9.17) is 5.73 Å². The number of rotatable bonds is 1. The lowest BCUT2D eigenvalue weighted by Crippen LogP contribution is -2.60. The second-order valence-corrected chi connectivity index (χ2v) is 3.22. The fraction of sp³-hybridized carbons (Fsp3) is 0.714. The summed E-state index contributed by atoms with van der Waals surface area (Å²) < 4.78 is 0. The Hall–Kier alpha value is -1.46. The molecule has 74 valence electrons. The summed E-state index contributed by atoms with van der Waals surface area (Å²) in [5.41, 5.74) is 4.97. The summed E-state index contributed by atoms with van der Waals surface area (Å²) in [6.45, 7) is 1.88. The van der Waals surface area contributed by atoms with Crippen molar-refractivity contribution in [2.75, 3.05) is 7.05 Å². The van der Waals surface area contributed by atoms with E-state index in [9.17, 15) is 9.59 Å². The van der Waals surface area contributed by atoms with Crippen molar-refractivity contribution in [2.24, 2.45) is 5.73 Å². The quantitative estimate of drug-likeness (QED) is 0.511. The van der Waals surface area contributed by atoms with Crippen molar-refractivity contribution < 1.29 is 9.59 Å². The van der Waals surface area contributed by atoms with Crippen molar-refractivity contribution in [1.82, 2.24) is 15.5 Å². The molecule has 2 atom stereocenters. The molecule has 1 aliphatic rings. The van der Waals surface area contributed by atoms with Gasteiger partial charge >= 0.3 is 12.1 Å². The van der Waals surface area contributed by atoms with Gasteiger partial charge < -0.3 is 21.3 Å². The molecule has 0 bridgehead atoms. The van der Waals surface area contributed by atoms with E-state index in [0.29, 0.717) is 6.42 Å². The van der Waals surface area contributed by atoms with E-state index >= 15 is 0 Å². The maximum Gasteiger partial charge on any atom is 0.318 e. The van der Waals surface area contributed by atoms with Crippen LogP contribution in [0.1, 0.15) is 13.3 Å². The van der Waals surface area contributed by atoms with E-state index in [2.05, 4.69) is 10.6 Å². The molecule has 0 aromatic rings. The Morgan fingerprint density at radius 3 is 2.92 bits per heavy atom. The summed E-state index contributed by atoms with van der Waals surface area (Å²) in [4.78, 5) is 23.2. The standard InChI is InChI=1S/C7H14N4O2/c1-4-3-5(10-6(8)12)11(2)7(13)9-4/h4-5H,3H2,1-2H3,(H,9,13)(H3,8,10,12). The summed E-state index contributed by atoms with van der Waals surface area (Å²) in [7, 11) is 1.61. The van der Waals surface area contributed by atoms with Crippen molar-refractivity contribution in [1.29, 1.82) is 0 Å². The zero-order valence-corrected chi connectivity index (χ0v) is 7.70. The predicted molar refractivity (Wildman–Crippen MR) is 46.9 cm³/mol. The highest BCUT2D eigenvalue weighted by molar-refractivity contribution is 5.77. The second-order valence-electron chi connectivity index (χ2n) is 3.22. The highest BCUT2D eigenvalue weighted by Crippen LogP contribution is 2.08. The Bertz CT molecular complexity index is 231. The van der Waals surface area contributed by atoms with Gasteiger partial charge in [0.25, 0.3) is 0 Å². The predicted octanol–water partition coefficient (Wildman–Crippen LogP) is -0.586. The molecule has 4 amide bonds. The summed E-state index contributed by atoms with van der Waals surface area (Å²) in [5, 5.41) is 5.22. The Morgan fingerprint density at radius 2 is 2.38 bits per heavy atom. The molecular weight excluding hydrogens is 172 g/mol. The van der Waals surface area contributed by atoms with Crippen molar-refractivity contribution >= 4 is 12.1 Å². The largest absolute Gasteiger partial charge is 0.352 e. The molecule has 0 aromatic heterocycles. The Labute approximate surface area is 76.4 Å². The number of nitrogens with two attached hydrogens (primary N) is 1. The number of carbonyl (C=O) groups is 2. The minimum atomic E-state index is -0.612. The fourth-order valence-corrected chi connectivity index (χ4v) is 1.33. The minimum absolute atomic E-state index is 0.0561. The monoisotopic (exact) mass is 186 g/mol. The number of hydrogen-bond donors (Lipinski definition) is 3. The molecule has 1 heterocycles. The molecule has 0 aliphatic carbocycles. The van der Waals surface area contributed by atoms with Crippen molar-refractivity contribution in [2.45, 2.75) is 25.6 Å². The first-order valence-electron chi connectivity index (χ1n) is 4.10. The number of nitrogens with one attached hydrogen (secondary N) is 2. The van der Waals surface area contributed by atoms with Gasteiger partial charge in [-0.05, 0) is 6.92 Å². The molecule has 1 fully saturated rings. The van der Waals surface area contributed by atoms with Crippen molar-refractivity contribution in [3.8, 4) is 0 Å². The Morgan fingerprint density at radius 1 is 1.77 bits per heavy atom. The molecule has 1 aliphatic heterocycles. The van der Waals surface area contributed by atoms with Crippen molar-refractivity contribution in [3.05, 3.63) is 0 Å². The lowest BCUT2D eigenvalue weighted by molar-refractivity contribution is 0.146. The first kappa shape index (κ1) is 9.63. The molecule has 4 N–H and O–H groups in total. The number of primary amides is 1. The minimum Gasteiger partial charge on any atom is -0.352 e. The van der Waals surface area contributed by atoms with Gasteiger partial charge in [-0.2, -0.15) is 0 Å². The normalized spacial score (nSPS) is 28.2. The van der Waals surface area contributed by atoms with Crippen molar-refractivity contribution in [3.63, 3.8) is 0 Å². The molecule has 0 spiro atoms. The van der Waals surface area contributed by atoms with Crippen LogP contribution in [0.5, 0.6) is 0 Å². The van der Waals surface area contributed by atoms with Crippen LogP contribution in [0.3, 0.4) is 0 Å². The number of urea groups is 2. The van der Waals surface area contributed by atoms with Crippen LogP contribution in [0, 0.1) is 0 Å². The lowest BCUT2D eigenvalue weighted by Gasteiger charge is -2.36. The van der Waals surface area contributed by atoms with Gasteiger partial charge in [0.1, 0.15) is 6.17 Å². The van der Waals surface area contributed by atoms with Crippen LogP contribution in [0.2, 0.25) is 0 Å². The summed E-state index contributed by atoms with van der Waals surface area (Å²) in [6.07, 6.45) is 0.354. The topological polar surface area (TPSA) is 87.5 Å². The zero-order valence-electron chi connectivity index (χ0n) is 7.70. The van der Waals surface area contributed by atoms with E-state index in [-0.39, 0.29) is 18.2 Å². The molecule has 0 saturated carbocycles. The molecule has 13 heavy (non-hydrogen) atoms. The average molecular weight is 186 g/mol. The summed E-state index contributed by atoms with van der Waals surface area (Å²) in [5.74, 6) is 0. The Kier molecular flexibility index (Phi) is 2.60. The highest BCUT2D eigenvalue weighted by atomic mass is 16.2. The number of nitrogens with zero attached hydrogens (tertiary/aromatic N) is 1. The molecule has 6 heteroatoms. The SMILES string of the molecule is CC1CC(NC(N)=O)N(C)C(=O)N1. The van der Waals surface area contributed by atoms with Crippen LogP contribution < -0.4 is 16.4 Å². The van der Waals surface area contributed by atoms with Gasteiger partial charge in [-0.25, -0.2) is 9.59 Å². The summed E-state index contributed by atoms with van der Waals surface area (Å²) >= 11 is 0. The van der Waals surface area contributed by atoms with Gasteiger partial charge in [0.05, 0.1) is 0 Å². The van der Waals surface area contributed by atoms with Gasteiger partial charge in [-0.15, -0.1) is 0 Å². The van der Waals surface area contributed by atoms with E-state index in [1.165, 1.54) is 4.90 Å². The van der Waals surface area contributed by atoms with Crippen LogP contribution in [0.4, 0.5) is 9.59 Å². The zero-order chi connectivity index (χ0) is 10.0. The molecule has 1 saturated heterocycles. The van der Waals surface area contributed by atoms with Crippen LogP contribution in [0.15, 0.2) is 0 Å². The first-order valence-corrected chi connectivity index (χ1v) is 4.10. The lowest BCUT2D eigenvalue weighted by atomic mass is 10.1. The second kappa shape index (κ2) is 3.51. The van der Waals surface area contributed by atoms with Crippen LogP contribution >= 0.6 is 0 Å². The van der Waals surface area contributed by atoms with E-state index in [1.54, 1.807) is 7.05 Å². The fourth-order valence-electron chi connectivity index (χ4n) is 1.33. The first-order chi connectivity index (χ1) is 6.00. The Balaban J connectivity index is 2.60. The average Bonchev–Trinajstić information content (AvgIpc) is 1.98. The molecule has 6 nitrogen and oxygen atoms in total. The van der Waals surface area contributed by atoms with Gasteiger partial charge in [0.15, 0.2) is 0 Å². The van der Waals surface area contributed by atoms with E-state index in [0.717, 1.165) is 0 Å². The molecule has 0 aromatic carbocycles. The molecule has 2 unspecified atom stereocenters. The highest BCUT2D eigenvalue weighted by Gasteiger charge is 2.28. The van der Waals surface area contributed by atoms with Gasteiger partial charge in [-0.3, -0.25) is 0 Å². The summed E-state index contributed by atoms with van der Waals surface area (Å²) in [6, 6.07) is -0.753. The molecule has 1 rings (SSSR count). The van der Waals surface area contributed by atoms with Gasteiger partial charge in [-0.1, -0.05) is 0 Å². The number of carbonyl (C=O) groups excluding carboxylic acids is 2.